The highest BCUT2D eigenvalue weighted by Gasteiger charge is 2.49. The average molecular weight is 445 g/mol. The highest BCUT2D eigenvalue weighted by atomic mass is 16.8. The number of amides is 1. The zero-order chi connectivity index (χ0) is 23.8. The van der Waals surface area contributed by atoms with Crippen molar-refractivity contribution in [1.82, 2.24) is 4.90 Å². The molecule has 6 heteroatoms. The van der Waals surface area contributed by atoms with Crippen molar-refractivity contribution in [2.45, 2.75) is 85.2 Å². The summed E-state index contributed by atoms with van der Waals surface area (Å²) >= 11 is 0. The third-order valence-corrected chi connectivity index (χ3v) is 6.41. The summed E-state index contributed by atoms with van der Waals surface area (Å²) in [5.41, 5.74) is 2.62. The van der Waals surface area contributed by atoms with Crippen molar-refractivity contribution >= 4 is 17.6 Å². The van der Waals surface area contributed by atoms with E-state index in [4.69, 9.17) is 9.47 Å². The standard InChI is InChI=1S/C26H40N2O4/c1-17(2)15-21(22-24(30)32-26(7,8)31-22)23(29)28-14-13-27(16-18(28)3)20-11-9-19(10-12-20)25(4,5)6/h9-12,17-18,21-22H,13-16H2,1-8H3/t18-,21+,22+/m1/s1. The summed E-state index contributed by atoms with van der Waals surface area (Å²) in [6.07, 6.45) is -0.245. The van der Waals surface area contributed by atoms with E-state index in [2.05, 4.69) is 70.7 Å². The first-order valence-electron chi connectivity index (χ1n) is 11.8. The molecular formula is C26H40N2O4. The number of anilines is 1. The summed E-state index contributed by atoms with van der Waals surface area (Å²) in [7, 11) is 0. The summed E-state index contributed by atoms with van der Waals surface area (Å²) in [6, 6.07) is 8.79. The molecule has 0 bridgehead atoms. The molecule has 178 valence electrons. The van der Waals surface area contributed by atoms with Crippen LogP contribution in [0.15, 0.2) is 24.3 Å². The largest absolute Gasteiger partial charge is 0.432 e. The summed E-state index contributed by atoms with van der Waals surface area (Å²) in [6.45, 7) is 18.4. The molecule has 0 radical (unpaired) electrons. The van der Waals surface area contributed by atoms with Crippen LogP contribution in [-0.4, -0.2) is 54.3 Å². The molecule has 0 spiro atoms. The third-order valence-electron chi connectivity index (χ3n) is 6.41. The third kappa shape index (κ3) is 5.45. The lowest BCUT2D eigenvalue weighted by molar-refractivity contribution is -0.163. The normalized spacial score (nSPS) is 24.6. The van der Waals surface area contributed by atoms with Gasteiger partial charge in [-0.25, -0.2) is 4.79 Å². The van der Waals surface area contributed by atoms with Gasteiger partial charge in [0.25, 0.3) is 0 Å². The molecule has 1 amide bonds. The fraction of sp³-hybridized carbons (Fsp3) is 0.692. The molecule has 0 unspecified atom stereocenters. The van der Waals surface area contributed by atoms with Gasteiger partial charge in [0, 0.05) is 45.2 Å². The number of esters is 1. The summed E-state index contributed by atoms with van der Waals surface area (Å²) in [5, 5.41) is 0. The molecule has 32 heavy (non-hydrogen) atoms. The van der Waals surface area contributed by atoms with Crippen LogP contribution in [0.4, 0.5) is 5.69 Å². The van der Waals surface area contributed by atoms with Crippen molar-refractivity contribution < 1.29 is 19.1 Å². The number of cyclic esters (lactones) is 1. The number of carbonyl (C=O) groups is 2. The summed E-state index contributed by atoms with van der Waals surface area (Å²) in [4.78, 5) is 30.4. The van der Waals surface area contributed by atoms with Gasteiger partial charge in [-0.15, -0.1) is 0 Å². The van der Waals surface area contributed by atoms with Crippen molar-refractivity contribution in [1.29, 1.82) is 0 Å². The van der Waals surface area contributed by atoms with Gasteiger partial charge in [-0.2, -0.15) is 0 Å². The highest BCUT2D eigenvalue weighted by molar-refractivity contribution is 5.88. The number of hydrogen-bond acceptors (Lipinski definition) is 5. The molecule has 2 aliphatic rings. The zero-order valence-corrected chi connectivity index (χ0v) is 21.0. The Hall–Kier alpha value is -2.08. The van der Waals surface area contributed by atoms with Crippen LogP contribution in [0.2, 0.25) is 0 Å². The first-order valence-corrected chi connectivity index (χ1v) is 11.8. The molecule has 2 fully saturated rings. The van der Waals surface area contributed by atoms with Gasteiger partial charge >= 0.3 is 5.97 Å². The highest BCUT2D eigenvalue weighted by Crippen LogP contribution is 2.33. The molecule has 6 nitrogen and oxygen atoms in total. The number of rotatable bonds is 5. The number of piperazine rings is 1. The van der Waals surface area contributed by atoms with Gasteiger partial charge in [0.15, 0.2) is 6.10 Å². The van der Waals surface area contributed by atoms with Crippen LogP contribution in [0.5, 0.6) is 0 Å². The molecule has 2 saturated heterocycles. The van der Waals surface area contributed by atoms with Crippen LogP contribution in [0.25, 0.3) is 0 Å². The lowest BCUT2D eigenvalue weighted by Gasteiger charge is -2.43. The smallest absolute Gasteiger partial charge is 0.338 e. The maximum absolute atomic E-state index is 13.6. The van der Waals surface area contributed by atoms with Crippen LogP contribution in [-0.2, 0) is 24.5 Å². The first-order chi connectivity index (χ1) is 14.8. The maximum atomic E-state index is 13.6. The van der Waals surface area contributed by atoms with Crippen LogP contribution in [0.1, 0.15) is 67.4 Å². The van der Waals surface area contributed by atoms with Crippen molar-refractivity contribution in [2.24, 2.45) is 11.8 Å². The van der Waals surface area contributed by atoms with Crippen LogP contribution in [0.3, 0.4) is 0 Å². The van der Waals surface area contributed by atoms with E-state index in [1.54, 1.807) is 13.8 Å². The Kier molecular flexibility index (Phi) is 6.94. The van der Waals surface area contributed by atoms with Gasteiger partial charge in [-0.1, -0.05) is 46.8 Å². The van der Waals surface area contributed by atoms with Gasteiger partial charge in [0.1, 0.15) is 0 Å². The van der Waals surface area contributed by atoms with Crippen molar-refractivity contribution in [3.05, 3.63) is 29.8 Å². The number of nitrogens with zero attached hydrogens (tertiary/aromatic N) is 2. The summed E-state index contributed by atoms with van der Waals surface area (Å²) in [5.74, 6) is -1.68. The SMILES string of the molecule is CC(C)C[C@H](C(=O)N1CCN(c2ccc(C(C)(C)C)cc2)C[C@H]1C)[C@@H]1OC(C)(C)OC1=O. The Morgan fingerprint density at radius 1 is 1.16 bits per heavy atom. The number of ether oxygens (including phenoxy) is 2. The van der Waals surface area contributed by atoms with E-state index in [1.165, 1.54) is 11.3 Å². The van der Waals surface area contributed by atoms with Gasteiger partial charge in [0.05, 0.1) is 5.92 Å². The molecule has 2 heterocycles. The Morgan fingerprint density at radius 3 is 2.25 bits per heavy atom. The Labute approximate surface area is 193 Å². The second kappa shape index (κ2) is 9.05. The summed E-state index contributed by atoms with van der Waals surface area (Å²) < 4.78 is 11.2. The van der Waals surface area contributed by atoms with Gasteiger partial charge in [0.2, 0.25) is 11.7 Å². The molecule has 0 N–H and O–H groups in total. The molecule has 3 atom stereocenters. The molecule has 0 aromatic heterocycles. The first kappa shape index (κ1) is 24.6. The van der Waals surface area contributed by atoms with Gasteiger partial charge in [-0.05, 0) is 42.4 Å². The second-order valence-corrected chi connectivity index (χ2v) is 11.2. The molecule has 0 aliphatic carbocycles. The van der Waals surface area contributed by atoms with E-state index in [0.717, 1.165) is 13.1 Å². The molecule has 1 aromatic carbocycles. The topological polar surface area (TPSA) is 59.1 Å². The van der Waals surface area contributed by atoms with Crippen LogP contribution < -0.4 is 4.90 Å². The molecular weight excluding hydrogens is 404 g/mol. The molecule has 1 aromatic rings. The number of hydrogen-bond donors (Lipinski definition) is 0. The quantitative estimate of drug-likeness (QED) is 0.632. The van der Waals surface area contributed by atoms with Crippen molar-refractivity contribution in [2.75, 3.05) is 24.5 Å². The lowest BCUT2D eigenvalue weighted by atomic mass is 9.87. The van der Waals surface area contributed by atoms with E-state index in [0.29, 0.717) is 13.0 Å². The second-order valence-electron chi connectivity index (χ2n) is 11.2. The van der Waals surface area contributed by atoms with Crippen molar-refractivity contribution in [3.8, 4) is 0 Å². The Balaban J connectivity index is 1.71. The predicted octanol–water partition coefficient (Wildman–Crippen LogP) is 4.36. The number of benzene rings is 1. The predicted molar refractivity (Wildman–Crippen MR) is 127 cm³/mol. The monoisotopic (exact) mass is 444 g/mol. The fourth-order valence-electron chi connectivity index (χ4n) is 4.69. The van der Waals surface area contributed by atoms with E-state index >= 15 is 0 Å². The Morgan fingerprint density at radius 2 is 1.78 bits per heavy atom. The maximum Gasteiger partial charge on any atom is 0.338 e. The minimum absolute atomic E-state index is 0.00594. The van der Waals surface area contributed by atoms with E-state index in [1.807, 2.05) is 4.90 Å². The van der Waals surface area contributed by atoms with E-state index in [9.17, 15) is 9.59 Å². The molecule has 2 aliphatic heterocycles. The molecule has 3 rings (SSSR count). The van der Waals surface area contributed by atoms with E-state index in [-0.39, 0.29) is 23.3 Å². The lowest BCUT2D eigenvalue weighted by Crippen LogP contribution is -2.57. The van der Waals surface area contributed by atoms with Crippen LogP contribution >= 0.6 is 0 Å². The van der Waals surface area contributed by atoms with Gasteiger partial charge < -0.3 is 19.3 Å². The van der Waals surface area contributed by atoms with Gasteiger partial charge in [-0.3, -0.25) is 4.79 Å². The average Bonchev–Trinajstić information content (AvgIpc) is 2.97. The fourth-order valence-corrected chi connectivity index (χ4v) is 4.69. The number of carbonyl (C=O) groups excluding carboxylic acids is 2. The zero-order valence-electron chi connectivity index (χ0n) is 21.0. The minimum atomic E-state index is -0.985. The minimum Gasteiger partial charge on any atom is -0.432 e. The van der Waals surface area contributed by atoms with Crippen molar-refractivity contribution in [3.63, 3.8) is 0 Å². The Bertz CT molecular complexity index is 825. The van der Waals surface area contributed by atoms with Crippen LogP contribution in [0, 0.1) is 11.8 Å². The molecule has 0 saturated carbocycles. The van der Waals surface area contributed by atoms with E-state index < -0.39 is 23.8 Å².